The molecule has 2 fully saturated rings. The zero-order valence-corrected chi connectivity index (χ0v) is 12.5. The minimum Gasteiger partial charge on any atom is -0.396 e. The molecule has 106 valence electrons. The fourth-order valence-corrected chi connectivity index (χ4v) is 4.21. The molecule has 0 bridgehead atoms. The lowest BCUT2D eigenvalue weighted by atomic mass is 9.74. The fourth-order valence-electron chi connectivity index (χ4n) is 4.21. The third-order valence-corrected chi connectivity index (χ3v) is 5.32. The molecule has 2 atom stereocenters. The van der Waals surface area contributed by atoms with Crippen LogP contribution in [0.3, 0.4) is 0 Å². The lowest BCUT2D eigenvalue weighted by Gasteiger charge is -2.37. The maximum Gasteiger partial charge on any atom is 0.0499 e. The molecule has 0 amide bonds. The van der Waals surface area contributed by atoms with E-state index in [2.05, 4.69) is 26.1 Å². The van der Waals surface area contributed by atoms with E-state index in [1.165, 1.54) is 44.9 Å². The summed E-state index contributed by atoms with van der Waals surface area (Å²) in [6.07, 6.45) is 8.99. The maximum atomic E-state index is 9.74. The van der Waals surface area contributed by atoms with Crippen molar-refractivity contribution >= 4 is 0 Å². The molecule has 2 unspecified atom stereocenters. The molecule has 18 heavy (non-hydrogen) atoms. The highest BCUT2D eigenvalue weighted by Crippen LogP contribution is 2.42. The molecule has 2 rings (SSSR count). The number of hydrogen-bond donors (Lipinski definition) is 2. The fraction of sp³-hybridized carbons (Fsp3) is 1.00. The highest BCUT2D eigenvalue weighted by molar-refractivity contribution is 4.93. The number of nitrogens with one attached hydrogen (secondary N) is 1. The number of aliphatic hydroxyl groups excluding tert-OH is 1. The van der Waals surface area contributed by atoms with Crippen molar-refractivity contribution in [3.05, 3.63) is 0 Å². The van der Waals surface area contributed by atoms with Crippen molar-refractivity contribution in [2.24, 2.45) is 16.7 Å². The molecule has 2 N–H and O–H groups in total. The summed E-state index contributed by atoms with van der Waals surface area (Å²) in [7, 11) is 0. The standard InChI is InChI=1S/C16H31NO/c1-13-9-15(2,3)10-14(13)17-11-16(12-18)7-5-4-6-8-16/h13-14,17-18H,4-12H2,1-3H3. The first-order valence-electron chi connectivity index (χ1n) is 7.81. The first-order valence-corrected chi connectivity index (χ1v) is 7.81. The van der Waals surface area contributed by atoms with Crippen LogP contribution in [0.1, 0.15) is 65.7 Å². The van der Waals surface area contributed by atoms with Crippen molar-refractivity contribution in [2.45, 2.75) is 71.8 Å². The van der Waals surface area contributed by atoms with Crippen molar-refractivity contribution in [1.29, 1.82) is 0 Å². The van der Waals surface area contributed by atoms with E-state index in [9.17, 15) is 5.11 Å². The molecule has 0 aliphatic heterocycles. The Balaban J connectivity index is 1.86. The summed E-state index contributed by atoms with van der Waals surface area (Å²) < 4.78 is 0. The second-order valence-electron chi connectivity index (χ2n) is 7.76. The van der Waals surface area contributed by atoms with Crippen molar-refractivity contribution < 1.29 is 5.11 Å². The van der Waals surface area contributed by atoms with Gasteiger partial charge in [0, 0.05) is 24.6 Å². The first kappa shape index (κ1) is 14.3. The Morgan fingerprint density at radius 1 is 1.11 bits per heavy atom. The minimum absolute atomic E-state index is 0.185. The molecule has 0 aromatic rings. The van der Waals surface area contributed by atoms with Crippen LogP contribution in [0.2, 0.25) is 0 Å². The zero-order chi connectivity index (χ0) is 13.2. The quantitative estimate of drug-likeness (QED) is 0.805. The van der Waals surface area contributed by atoms with Gasteiger partial charge in [-0.25, -0.2) is 0 Å². The second-order valence-corrected chi connectivity index (χ2v) is 7.76. The van der Waals surface area contributed by atoms with Gasteiger partial charge in [-0.15, -0.1) is 0 Å². The van der Waals surface area contributed by atoms with Crippen LogP contribution in [-0.4, -0.2) is 24.3 Å². The van der Waals surface area contributed by atoms with Crippen LogP contribution in [0.15, 0.2) is 0 Å². The van der Waals surface area contributed by atoms with Crippen LogP contribution in [0.25, 0.3) is 0 Å². The maximum absolute atomic E-state index is 9.74. The van der Waals surface area contributed by atoms with Gasteiger partial charge >= 0.3 is 0 Å². The molecule has 2 aliphatic rings. The largest absolute Gasteiger partial charge is 0.396 e. The molecule has 2 aliphatic carbocycles. The predicted octanol–water partition coefficient (Wildman–Crippen LogP) is 3.34. The van der Waals surface area contributed by atoms with Crippen molar-refractivity contribution in [1.82, 2.24) is 5.32 Å². The summed E-state index contributed by atoms with van der Waals surface area (Å²) >= 11 is 0. The van der Waals surface area contributed by atoms with Crippen LogP contribution in [0.5, 0.6) is 0 Å². The average molecular weight is 253 g/mol. The number of hydrogen-bond acceptors (Lipinski definition) is 2. The van der Waals surface area contributed by atoms with E-state index in [0.717, 1.165) is 12.5 Å². The normalized spacial score (nSPS) is 34.7. The van der Waals surface area contributed by atoms with E-state index < -0.39 is 0 Å². The van der Waals surface area contributed by atoms with Crippen LogP contribution < -0.4 is 5.32 Å². The summed E-state index contributed by atoms with van der Waals surface area (Å²) in [6.45, 7) is 8.53. The SMILES string of the molecule is CC1CC(C)(C)CC1NCC1(CO)CCCCC1. The topological polar surface area (TPSA) is 32.3 Å². The molecular formula is C16H31NO. The van der Waals surface area contributed by atoms with Gasteiger partial charge in [-0.1, -0.05) is 40.0 Å². The van der Waals surface area contributed by atoms with Crippen LogP contribution in [0, 0.1) is 16.7 Å². The predicted molar refractivity (Wildman–Crippen MR) is 76.6 cm³/mol. The lowest BCUT2D eigenvalue weighted by Crippen LogP contribution is -2.44. The van der Waals surface area contributed by atoms with Crippen molar-refractivity contribution in [3.63, 3.8) is 0 Å². The molecule has 2 saturated carbocycles. The van der Waals surface area contributed by atoms with Crippen LogP contribution in [-0.2, 0) is 0 Å². The average Bonchev–Trinajstić information content (AvgIpc) is 2.61. The van der Waals surface area contributed by atoms with Crippen LogP contribution in [0.4, 0.5) is 0 Å². The minimum atomic E-state index is 0.185. The summed E-state index contributed by atoms with van der Waals surface area (Å²) in [5, 5.41) is 13.5. The third-order valence-electron chi connectivity index (χ3n) is 5.32. The van der Waals surface area contributed by atoms with Gasteiger partial charge in [0.25, 0.3) is 0 Å². The van der Waals surface area contributed by atoms with E-state index >= 15 is 0 Å². The van der Waals surface area contributed by atoms with Gasteiger partial charge in [-0.2, -0.15) is 0 Å². The molecular weight excluding hydrogens is 222 g/mol. The summed E-state index contributed by atoms with van der Waals surface area (Å²) in [4.78, 5) is 0. The Kier molecular flexibility index (Phi) is 4.38. The Bertz CT molecular complexity index is 268. The molecule has 0 radical (unpaired) electrons. The van der Waals surface area contributed by atoms with Gasteiger partial charge in [-0.05, 0) is 37.0 Å². The van der Waals surface area contributed by atoms with E-state index in [0.29, 0.717) is 18.1 Å². The van der Waals surface area contributed by atoms with E-state index in [4.69, 9.17) is 0 Å². The molecule has 2 nitrogen and oxygen atoms in total. The van der Waals surface area contributed by atoms with Gasteiger partial charge in [-0.3, -0.25) is 0 Å². The summed E-state index contributed by atoms with van der Waals surface area (Å²) in [6, 6.07) is 0.658. The molecule has 0 aromatic heterocycles. The molecule has 0 heterocycles. The van der Waals surface area contributed by atoms with E-state index in [1.807, 2.05) is 0 Å². The zero-order valence-electron chi connectivity index (χ0n) is 12.5. The highest BCUT2D eigenvalue weighted by Gasteiger charge is 2.38. The van der Waals surface area contributed by atoms with Crippen molar-refractivity contribution in [3.8, 4) is 0 Å². The molecule has 0 aromatic carbocycles. The van der Waals surface area contributed by atoms with Gasteiger partial charge in [0.2, 0.25) is 0 Å². The van der Waals surface area contributed by atoms with E-state index in [-0.39, 0.29) is 5.41 Å². The molecule has 2 heteroatoms. The highest BCUT2D eigenvalue weighted by atomic mass is 16.3. The monoisotopic (exact) mass is 253 g/mol. The Morgan fingerprint density at radius 2 is 1.78 bits per heavy atom. The third kappa shape index (κ3) is 3.27. The van der Waals surface area contributed by atoms with Crippen molar-refractivity contribution in [2.75, 3.05) is 13.2 Å². The van der Waals surface area contributed by atoms with Gasteiger partial charge in [0.1, 0.15) is 0 Å². The first-order chi connectivity index (χ1) is 8.46. The molecule has 0 saturated heterocycles. The Morgan fingerprint density at radius 3 is 2.28 bits per heavy atom. The summed E-state index contributed by atoms with van der Waals surface area (Å²) in [5.41, 5.74) is 0.681. The van der Waals surface area contributed by atoms with E-state index in [1.54, 1.807) is 0 Å². The Hall–Kier alpha value is -0.0800. The smallest absolute Gasteiger partial charge is 0.0499 e. The number of rotatable bonds is 4. The van der Waals surface area contributed by atoms with Crippen LogP contribution >= 0.6 is 0 Å². The number of aliphatic hydroxyl groups is 1. The summed E-state index contributed by atoms with van der Waals surface area (Å²) in [5.74, 6) is 0.777. The van der Waals surface area contributed by atoms with Gasteiger partial charge in [0.15, 0.2) is 0 Å². The lowest BCUT2D eigenvalue weighted by molar-refractivity contribution is 0.0767. The molecule has 0 spiro atoms. The van der Waals surface area contributed by atoms with Gasteiger partial charge in [0.05, 0.1) is 0 Å². The Labute approximate surface area is 113 Å². The second kappa shape index (κ2) is 5.50. The van der Waals surface area contributed by atoms with Gasteiger partial charge < -0.3 is 10.4 Å².